The van der Waals surface area contributed by atoms with E-state index < -0.39 is 5.60 Å². The van der Waals surface area contributed by atoms with Crippen LogP contribution in [0.5, 0.6) is 0 Å². The number of fused-ring (bicyclic) bond motifs is 2. The van der Waals surface area contributed by atoms with Crippen LogP contribution in [0.3, 0.4) is 0 Å². The summed E-state index contributed by atoms with van der Waals surface area (Å²) in [4.78, 5) is 20.2. The lowest BCUT2D eigenvalue weighted by Crippen LogP contribution is -2.49. The fourth-order valence-corrected chi connectivity index (χ4v) is 7.71. The Labute approximate surface area is 268 Å². The molecule has 43 heavy (non-hydrogen) atoms. The van der Waals surface area contributed by atoms with E-state index >= 15 is 0 Å². The quantitative estimate of drug-likeness (QED) is 0.216. The topological polar surface area (TPSA) is 56.6 Å². The first-order valence-electron chi connectivity index (χ1n) is 15.3. The van der Waals surface area contributed by atoms with Crippen molar-refractivity contribution in [1.82, 2.24) is 14.5 Å². The van der Waals surface area contributed by atoms with E-state index in [4.69, 9.17) is 14.5 Å². The molecule has 0 saturated heterocycles. The van der Waals surface area contributed by atoms with Gasteiger partial charge in [-0.05, 0) is 92.8 Å². The molecule has 5 rings (SSSR count). The van der Waals surface area contributed by atoms with Crippen molar-refractivity contribution in [2.75, 3.05) is 33.9 Å². The van der Waals surface area contributed by atoms with Gasteiger partial charge in [0.05, 0.1) is 11.0 Å². The summed E-state index contributed by atoms with van der Waals surface area (Å²) >= 11 is 0. The van der Waals surface area contributed by atoms with Crippen molar-refractivity contribution in [3.8, 4) is 0 Å². The van der Waals surface area contributed by atoms with Crippen molar-refractivity contribution in [3.05, 3.63) is 65.2 Å². The lowest BCUT2D eigenvalue weighted by molar-refractivity contribution is -0.172. The summed E-state index contributed by atoms with van der Waals surface area (Å²) in [7, 11) is 5.86. The predicted octanol–water partition coefficient (Wildman–Crippen LogP) is 7.47. The third-order valence-corrected chi connectivity index (χ3v) is 9.59. The molecule has 2 aliphatic carbocycles. The molecular weight excluding hydrogens is 588 g/mol. The van der Waals surface area contributed by atoms with Crippen molar-refractivity contribution in [1.29, 1.82) is 0 Å². The molecule has 3 aromatic rings. The van der Waals surface area contributed by atoms with Crippen LogP contribution in [0.15, 0.2) is 42.5 Å². The van der Waals surface area contributed by atoms with E-state index in [-0.39, 0.29) is 55.0 Å². The third kappa shape index (κ3) is 7.73. The summed E-state index contributed by atoms with van der Waals surface area (Å²) in [6.07, 6.45) is 6.85. The van der Waals surface area contributed by atoms with Gasteiger partial charge in [-0.25, -0.2) is 14.2 Å². The number of para-hydroxylation sites is 2. The number of aryl methyl sites for hydroxylation is 2. The smallest absolute Gasteiger partial charge is 0.332 e. The van der Waals surface area contributed by atoms with Crippen molar-refractivity contribution in [2.24, 2.45) is 18.9 Å². The van der Waals surface area contributed by atoms with Gasteiger partial charge in [0.1, 0.15) is 23.8 Å². The molecule has 0 unspecified atom stereocenters. The molecule has 6 nitrogen and oxygen atoms in total. The van der Waals surface area contributed by atoms with Crippen molar-refractivity contribution >= 4 is 41.8 Å². The number of aromatic nitrogens is 2. The number of benzene rings is 2. The van der Waals surface area contributed by atoms with Gasteiger partial charge >= 0.3 is 5.97 Å². The Bertz CT molecular complexity index is 1360. The molecule has 2 atom stereocenters. The second-order valence-electron chi connectivity index (χ2n) is 12.8. The first kappa shape index (κ1) is 35.3. The molecule has 0 spiro atoms. The van der Waals surface area contributed by atoms with Gasteiger partial charge in [0.15, 0.2) is 0 Å². The Morgan fingerprint density at radius 3 is 2.53 bits per heavy atom. The first-order chi connectivity index (χ1) is 19.7. The summed E-state index contributed by atoms with van der Waals surface area (Å²) in [5.74, 6) is 2.08. The van der Waals surface area contributed by atoms with Gasteiger partial charge < -0.3 is 18.9 Å². The molecule has 9 heteroatoms. The molecule has 1 aromatic heterocycles. The monoisotopic (exact) mass is 635 g/mol. The van der Waals surface area contributed by atoms with Crippen LogP contribution < -0.4 is 0 Å². The minimum atomic E-state index is -0.638. The summed E-state index contributed by atoms with van der Waals surface area (Å²) < 4.78 is 27.8. The lowest BCUT2D eigenvalue weighted by atomic mass is 9.65. The van der Waals surface area contributed by atoms with Gasteiger partial charge in [-0.15, -0.1) is 24.8 Å². The van der Waals surface area contributed by atoms with E-state index in [1.165, 1.54) is 37.4 Å². The normalized spacial score (nSPS) is 23.5. The van der Waals surface area contributed by atoms with Crippen molar-refractivity contribution < 1.29 is 18.7 Å². The van der Waals surface area contributed by atoms with Gasteiger partial charge in [-0.3, -0.25) is 0 Å². The number of imidazole rings is 1. The highest BCUT2D eigenvalue weighted by Crippen LogP contribution is 2.48. The molecule has 1 fully saturated rings. The van der Waals surface area contributed by atoms with Crippen LogP contribution in [0.1, 0.15) is 81.2 Å². The van der Waals surface area contributed by atoms with E-state index in [1.54, 1.807) is 6.07 Å². The number of hydrogen-bond acceptors (Lipinski definition) is 5. The number of esters is 1. The number of nitrogens with zero attached hydrogens (tertiary/aromatic N) is 3. The molecule has 2 aliphatic rings. The lowest BCUT2D eigenvalue weighted by Gasteiger charge is -2.47. The molecule has 2 aromatic carbocycles. The molecule has 1 heterocycles. The van der Waals surface area contributed by atoms with E-state index in [9.17, 15) is 9.18 Å². The molecule has 0 aliphatic heterocycles. The number of carbonyl (C=O) groups is 1. The Balaban J connectivity index is 0.00000253. The number of halogens is 3. The van der Waals surface area contributed by atoms with E-state index in [0.717, 1.165) is 49.0 Å². The van der Waals surface area contributed by atoms with Crippen LogP contribution in [0.4, 0.5) is 4.39 Å². The van der Waals surface area contributed by atoms with Gasteiger partial charge in [-0.1, -0.05) is 32.0 Å². The zero-order chi connectivity index (χ0) is 29.1. The Hall–Kier alpha value is -2.19. The average Bonchev–Trinajstić information content (AvgIpc) is 3.28. The minimum Gasteiger partial charge on any atom is -0.457 e. The Morgan fingerprint density at radius 2 is 1.86 bits per heavy atom. The minimum absolute atomic E-state index is 0. The van der Waals surface area contributed by atoms with Gasteiger partial charge in [0, 0.05) is 45.5 Å². The van der Waals surface area contributed by atoms with Crippen LogP contribution in [0.2, 0.25) is 0 Å². The zero-order valence-corrected chi connectivity index (χ0v) is 27.8. The van der Waals surface area contributed by atoms with Gasteiger partial charge in [0.25, 0.3) is 0 Å². The molecule has 0 bridgehead atoms. The highest BCUT2D eigenvalue weighted by atomic mass is 35.5. The number of methoxy groups -OCH3 is 1. The molecule has 0 amide bonds. The third-order valence-electron chi connectivity index (χ3n) is 9.59. The molecular formula is C34H48Cl2FN3O3. The number of hydrogen-bond donors (Lipinski definition) is 0. The van der Waals surface area contributed by atoms with Crippen molar-refractivity contribution in [2.45, 2.75) is 76.2 Å². The summed E-state index contributed by atoms with van der Waals surface area (Å²) in [6.45, 7) is 6.16. The highest BCUT2D eigenvalue weighted by Gasteiger charge is 2.47. The summed E-state index contributed by atoms with van der Waals surface area (Å²) in [5, 5.41) is 0. The standard InChI is InChI=1S/C34H46FN3O3.2ClH/c1-23(2)32-28-15-14-27(35)20-26(28)16-17-34(32,41-31(39)22-40-5)18-19-37(3)21-24-10-12-25(13-11-24)33-36-29-8-6-7-9-30(29)38(33)4;;/h6-9,14-15,20,23-25,32H,10-13,16-19,21-22H2,1-5H3;2*1H/t24?,25?,32-,34-;;/m0../s1. The molecule has 0 N–H and O–H groups in total. The zero-order valence-electron chi connectivity index (χ0n) is 26.2. The highest BCUT2D eigenvalue weighted by molar-refractivity contribution is 5.85. The van der Waals surface area contributed by atoms with Crippen LogP contribution in [-0.2, 0) is 27.7 Å². The second-order valence-corrected chi connectivity index (χ2v) is 12.8. The van der Waals surface area contributed by atoms with Crippen LogP contribution in [0, 0.1) is 17.7 Å². The van der Waals surface area contributed by atoms with Gasteiger partial charge in [-0.2, -0.15) is 0 Å². The van der Waals surface area contributed by atoms with E-state index in [1.807, 2.05) is 6.07 Å². The maximum atomic E-state index is 14.1. The maximum absolute atomic E-state index is 14.1. The van der Waals surface area contributed by atoms with Crippen molar-refractivity contribution in [3.63, 3.8) is 0 Å². The Kier molecular flexibility index (Phi) is 12.5. The molecule has 0 radical (unpaired) electrons. The first-order valence-corrected chi connectivity index (χ1v) is 15.3. The molecule has 238 valence electrons. The van der Waals surface area contributed by atoms with Crippen LogP contribution >= 0.6 is 24.8 Å². The fourth-order valence-electron chi connectivity index (χ4n) is 7.71. The van der Waals surface area contributed by atoms with Crippen LogP contribution in [-0.4, -0.2) is 59.9 Å². The summed E-state index contributed by atoms with van der Waals surface area (Å²) in [5.41, 5.74) is 3.80. The average molecular weight is 637 g/mol. The predicted molar refractivity (Wildman–Crippen MR) is 175 cm³/mol. The Morgan fingerprint density at radius 1 is 1.14 bits per heavy atom. The molecule has 1 saturated carbocycles. The fraction of sp³-hybridized carbons (Fsp3) is 0.588. The largest absolute Gasteiger partial charge is 0.457 e. The van der Waals surface area contributed by atoms with E-state index in [0.29, 0.717) is 24.7 Å². The SMILES string of the molecule is COCC(=O)O[C@]1(CCN(C)CC2CCC(c3nc4ccccc4n3C)CC2)CCc2cc(F)ccc2[C@@H]1C(C)C.Cl.Cl. The maximum Gasteiger partial charge on any atom is 0.332 e. The number of rotatable bonds is 10. The summed E-state index contributed by atoms with van der Waals surface area (Å²) in [6, 6.07) is 13.5. The second kappa shape index (κ2) is 15.2. The van der Waals surface area contributed by atoms with E-state index in [2.05, 4.69) is 61.7 Å². The van der Waals surface area contributed by atoms with Gasteiger partial charge in [0.2, 0.25) is 0 Å². The number of carbonyl (C=O) groups excluding carboxylic acids is 1. The van der Waals surface area contributed by atoms with Crippen LogP contribution in [0.25, 0.3) is 11.0 Å². The number of ether oxygens (including phenoxy) is 2.